The molecular weight excluding hydrogens is 188 g/mol. The van der Waals surface area contributed by atoms with Crippen molar-refractivity contribution in [3.05, 3.63) is 12.4 Å². The van der Waals surface area contributed by atoms with Gasteiger partial charge in [0.05, 0.1) is 12.2 Å². The van der Waals surface area contributed by atoms with Crippen LogP contribution in [0.5, 0.6) is 0 Å². The molecule has 0 radical (unpaired) electrons. The Morgan fingerprint density at radius 1 is 1.00 bits per heavy atom. The highest BCUT2D eigenvalue weighted by Gasteiger charge is 2.34. The molecule has 3 rings (SSSR count). The molecule has 2 aliphatic heterocycles. The first-order chi connectivity index (χ1) is 7.45. The van der Waals surface area contributed by atoms with E-state index in [2.05, 4.69) is 19.9 Å². The van der Waals surface area contributed by atoms with Gasteiger partial charge in [-0.25, -0.2) is 4.68 Å². The first-order valence-corrected chi connectivity index (χ1v) is 6.05. The van der Waals surface area contributed by atoms with Gasteiger partial charge < -0.3 is 0 Å². The highest BCUT2D eigenvalue weighted by molar-refractivity contribution is 4.90. The molecule has 1 aromatic rings. The minimum absolute atomic E-state index is 0.571. The second-order valence-electron chi connectivity index (χ2n) is 4.69. The Balaban J connectivity index is 1.82. The minimum atomic E-state index is 0.571. The van der Waals surface area contributed by atoms with Crippen LogP contribution >= 0.6 is 0 Å². The fraction of sp³-hybridized carbons (Fsp3) is 0.818. The Morgan fingerprint density at radius 3 is 2.73 bits per heavy atom. The van der Waals surface area contributed by atoms with E-state index in [9.17, 15) is 0 Å². The van der Waals surface area contributed by atoms with Crippen LogP contribution in [-0.4, -0.2) is 39.0 Å². The molecule has 0 spiro atoms. The lowest BCUT2D eigenvalue weighted by molar-refractivity contribution is 0.0587. The second kappa shape index (κ2) is 3.93. The third kappa shape index (κ3) is 1.67. The fourth-order valence-corrected chi connectivity index (χ4v) is 3.13. The molecule has 0 N–H and O–H groups in total. The molecule has 0 saturated carbocycles. The quantitative estimate of drug-likeness (QED) is 0.697. The monoisotopic (exact) mass is 206 g/mol. The van der Waals surface area contributed by atoms with Gasteiger partial charge in [-0.3, -0.25) is 4.90 Å². The van der Waals surface area contributed by atoms with Gasteiger partial charge in [-0.05, 0) is 38.8 Å². The molecule has 2 saturated heterocycles. The van der Waals surface area contributed by atoms with Crippen molar-refractivity contribution in [1.82, 2.24) is 19.9 Å². The molecule has 1 aromatic heterocycles. The molecule has 2 unspecified atom stereocenters. The van der Waals surface area contributed by atoms with Crippen molar-refractivity contribution in [3.8, 4) is 0 Å². The summed E-state index contributed by atoms with van der Waals surface area (Å²) in [4.78, 5) is 2.65. The summed E-state index contributed by atoms with van der Waals surface area (Å²) in [6, 6.07) is 1.29. The van der Waals surface area contributed by atoms with Crippen LogP contribution in [-0.2, 0) is 0 Å². The van der Waals surface area contributed by atoms with Crippen LogP contribution in [0.25, 0.3) is 0 Å². The molecular formula is C11H18N4. The van der Waals surface area contributed by atoms with Gasteiger partial charge in [-0.1, -0.05) is 11.6 Å². The number of hydrogen-bond acceptors (Lipinski definition) is 3. The zero-order valence-corrected chi connectivity index (χ0v) is 9.05. The zero-order valence-electron chi connectivity index (χ0n) is 9.05. The van der Waals surface area contributed by atoms with E-state index in [-0.39, 0.29) is 0 Å². The van der Waals surface area contributed by atoms with Crippen LogP contribution in [0.2, 0.25) is 0 Å². The van der Waals surface area contributed by atoms with Crippen LogP contribution in [0.15, 0.2) is 12.4 Å². The molecule has 4 heteroatoms. The third-order valence-electron chi connectivity index (χ3n) is 3.83. The lowest BCUT2D eigenvalue weighted by Crippen LogP contribution is -2.48. The molecule has 82 valence electrons. The van der Waals surface area contributed by atoms with E-state index in [1.807, 2.05) is 6.20 Å². The van der Waals surface area contributed by atoms with Crippen LogP contribution < -0.4 is 0 Å². The molecule has 4 nitrogen and oxygen atoms in total. The van der Waals surface area contributed by atoms with Gasteiger partial charge in [-0.2, -0.15) is 0 Å². The van der Waals surface area contributed by atoms with Gasteiger partial charge in [0.2, 0.25) is 0 Å². The smallest absolute Gasteiger partial charge is 0.0693 e. The average molecular weight is 206 g/mol. The lowest BCUT2D eigenvalue weighted by atomic mass is 9.89. The van der Waals surface area contributed by atoms with Crippen LogP contribution in [0, 0.1) is 0 Å². The van der Waals surface area contributed by atoms with Crippen molar-refractivity contribution in [2.75, 3.05) is 13.1 Å². The Morgan fingerprint density at radius 2 is 1.87 bits per heavy atom. The van der Waals surface area contributed by atoms with E-state index in [4.69, 9.17) is 0 Å². The van der Waals surface area contributed by atoms with Crippen molar-refractivity contribution in [1.29, 1.82) is 0 Å². The summed E-state index contributed by atoms with van der Waals surface area (Å²) >= 11 is 0. The number of piperidine rings is 2. The van der Waals surface area contributed by atoms with Crippen LogP contribution in [0.4, 0.5) is 0 Å². The summed E-state index contributed by atoms with van der Waals surface area (Å²) in [6.07, 6.45) is 10.5. The molecule has 2 fully saturated rings. The number of aromatic nitrogens is 3. The molecule has 2 aliphatic rings. The predicted molar refractivity (Wildman–Crippen MR) is 57.5 cm³/mol. The van der Waals surface area contributed by atoms with Gasteiger partial charge in [0.25, 0.3) is 0 Å². The van der Waals surface area contributed by atoms with Crippen LogP contribution in [0.3, 0.4) is 0 Å². The number of hydrogen-bond donors (Lipinski definition) is 0. The van der Waals surface area contributed by atoms with Gasteiger partial charge >= 0.3 is 0 Å². The Kier molecular flexibility index (Phi) is 2.44. The summed E-state index contributed by atoms with van der Waals surface area (Å²) in [5.74, 6) is 0. The SMILES string of the molecule is c1cn(C2CCCN3CCCCC23)nn1. The first-order valence-electron chi connectivity index (χ1n) is 6.05. The summed E-state index contributed by atoms with van der Waals surface area (Å²) in [7, 11) is 0. The summed E-state index contributed by atoms with van der Waals surface area (Å²) < 4.78 is 2.07. The van der Waals surface area contributed by atoms with Gasteiger partial charge in [0.1, 0.15) is 0 Å². The van der Waals surface area contributed by atoms with Gasteiger partial charge in [0.15, 0.2) is 0 Å². The van der Waals surface area contributed by atoms with Crippen molar-refractivity contribution < 1.29 is 0 Å². The maximum atomic E-state index is 4.17. The second-order valence-corrected chi connectivity index (χ2v) is 4.69. The topological polar surface area (TPSA) is 34.0 Å². The standard InChI is InChI=1S/C11H18N4/c1-2-7-14-8-3-5-11(10(14)4-1)15-9-6-12-13-15/h6,9-11H,1-5,7-8H2. The lowest BCUT2D eigenvalue weighted by Gasteiger charge is -2.44. The fourth-order valence-electron chi connectivity index (χ4n) is 3.13. The Bertz CT molecular complexity index is 306. The third-order valence-corrected chi connectivity index (χ3v) is 3.83. The summed E-state index contributed by atoms with van der Waals surface area (Å²) in [5.41, 5.74) is 0. The molecule has 0 aliphatic carbocycles. The van der Waals surface area contributed by atoms with E-state index in [1.54, 1.807) is 6.20 Å². The Hall–Kier alpha value is -0.900. The van der Waals surface area contributed by atoms with E-state index in [0.717, 1.165) is 0 Å². The summed E-state index contributed by atoms with van der Waals surface area (Å²) in [5, 5.41) is 8.10. The number of fused-ring (bicyclic) bond motifs is 1. The predicted octanol–water partition coefficient (Wildman–Crippen LogP) is 1.47. The van der Waals surface area contributed by atoms with Gasteiger partial charge in [-0.15, -0.1) is 5.10 Å². The van der Waals surface area contributed by atoms with Crippen molar-refractivity contribution >= 4 is 0 Å². The van der Waals surface area contributed by atoms with E-state index < -0.39 is 0 Å². The zero-order chi connectivity index (χ0) is 10.1. The molecule has 2 atom stereocenters. The highest BCUT2D eigenvalue weighted by Crippen LogP contribution is 2.33. The van der Waals surface area contributed by atoms with Crippen molar-refractivity contribution in [3.63, 3.8) is 0 Å². The van der Waals surface area contributed by atoms with Crippen molar-refractivity contribution in [2.45, 2.75) is 44.2 Å². The molecule has 15 heavy (non-hydrogen) atoms. The van der Waals surface area contributed by atoms with E-state index in [1.165, 1.54) is 45.2 Å². The maximum absolute atomic E-state index is 4.17. The maximum Gasteiger partial charge on any atom is 0.0693 e. The molecule has 0 aromatic carbocycles. The minimum Gasteiger partial charge on any atom is -0.298 e. The van der Waals surface area contributed by atoms with Crippen LogP contribution in [0.1, 0.15) is 38.1 Å². The highest BCUT2D eigenvalue weighted by atomic mass is 15.4. The van der Waals surface area contributed by atoms with Crippen molar-refractivity contribution in [2.24, 2.45) is 0 Å². The number of rotatable bonds is 1. The number of nitrogens with zero attached hydrogens (tertiary/aromatic N) is 4. The van der Waals surface area contributed by atoms with E-state index in [0.29, 0.717) is 12.1 Å². The van der Waals surface area contributed by atoms with E-state index >= 15 is 0 Å². The molecule has 3 heterocycles. The molecule has 0 bridgehead atoms. The largest absolute Gasteiger partial charge is 0.298 e. The normalized spacial score (nSPS) is 32.5. The van der Waals surface area contributed by atoms with Gasteiger partial charge in [0, 0.05) is 12.2 Å². The summed E-state index contributed by atoms with van der Waals surface area (Å²) in [6.45, 7) is 2.58. The Labute approximate surface area is 90.3 Å². The average Bonchev–Trinajstić information content (AvgIpc) is 2.82. The molecule has 0 amide bonds. The first kappa shape index (κ1) is 9.33.